The van der Waals surface area contributed by atoms with Gasteiger partial charge in [-0.15, -0.1) is 10.2 Å². The lowest BCUT2D eigenvalue weighted by Gasteiger charge is -2.30. The normalized spacial score (nSPS) is 21.2. The number of aromatic nitrogens is 2. The molecule has 1 amide bonds. The third-order valence-corrected chi connectivity index (χ3v) is 3.94. The summed E-state index contributed by atoms with van der Waals surface area (Å²) < 4.78 is 5.32. The maximum Gasteiger partial charge on any atom is 0.407 e. The minimum absolute atomic E-state index is 0.163. The van der Waals surface area contributed by atoms with Gasteiger partial charge in [0, 0.05) is 12.6 Å². The van der Waals surface area contributed by atoms with Gasteiger partial charge in [0.1, 0.15) is 5.60 Å². The van der Waals surface area contributed by atoms with Crippen molar-refractivity contribution in [2.45, 2.75) is 58.1 Å². The van der Waals surface area contributed by atoms with Crippen LogP contribution in [0.25, 0.3) is 0 Å². The van der Waals surface area contributed by atoms with E-state index in [2.05, 4.69) is 26.4 Å². The minimum Gasteiger partial charge on any atom is -0.444 e. The minimum atomic E-state index is -0.469. The van der Waals surface area contributed by atoms with E-state index < -0.39 is 5.60 Å². The zero-order chi connectivity index (χ0) is 17.6. The number of rotatable bonds is 5. The molecule has 2 rings (SSSR count). The molecule has 1 unspecified atom stereocenters. The molecule has 0 spiro atoms. The van der Waals surface area contributed by atoms with Crippen molar-refractivity contribution in [1.82, 2.24) is 20.9 Å². The Kier molecular flexibility index (Phi) is 6.62. The van der Waals surface area contributed by atoms with Gasteiger partial charge in [0.25, 0.3) is 0 Å². The van der Waals surface area contributed by atoms with Crippen LogP contribution in [0, 0.1) is 5.92 Å². The molecule has 1 aliphatic rings. The maximum absolute atomic E-state index is 11.9. The molecule has 1 fully saturated rings. The van der Waals surface area contributed by atoms with Gasteiger partial charge in [0.15, 0.2) is 11.0 Å². The summed E-state index contributed by atoms with van der Waals surface area (Å²) in [4.78, 5) is 11.9. The van der Waals surface area contributed by atoms with Crippen LogP contribution in [0.15, 0.2) is 12.1 Å². The van der Waals surface area contributed by atoms with Crippen molar-refractivity contribution >= 4 is 23.5 Å². The number of hydrogen-bond donors (Lipinski definition) is 3. The lowest BCUT2D eigenvalue weighted by Crippen LogP contribution is -2.43. The van der Waals surface area contributed by atoms with Crippen molar-refractivity contribution in [1.29, 1.82) is 0 Å². The van der Waals surface area contributed by atoms with Crippen LogP contribution in [0.1, 0.15) is 46.5 Å². The number of anilines is 1. The Bertz CT molecular complexity index is 532. The Morgan fingerprint density at radius 2 is 2.12 bits per heavy atom. The number of nitrogens with one attached hydrogen (secondary N) is 3. The summed E-state index contributed by atoms with van der Waals surface area (Å²) in [5, 5.41) is 11.0. The molecule has 0 aliphatic heterocycles. The van der Waals surface area contributed by atoms with E-state index in [-0.39, 0.29) is 12.1 Å². The van der Waals surface area contributed by atoms with Crippen LogP contribution in [0.4, 0.5) is 10.6 Å². The van der Waals surface area contributed by atoms with Gasteiger partial charge < -0.3 is 15.5 Å². The van der Waals surface area contributed by atoms with E-state index in [0.29, 0.717) is 16.9 Å². The summed E-state index contributed by atoms with van der Waals surface area (Å²) in [5.74, 6) is 1.10. The SMILES string of the molecule is CC(C)(C)OC(=O)N[C@@H]1CCCC(CNNc2ccc(Cl)nn2)C1. The predicted octanol–water partition coefficient (Wildman–Crippen LogP) is 3.13. The van der Waals surface area contributed by atoms with Crippen LogP contribution in [-0.2, 0) is 4.74 Å². The van der Waals surface area contributed by atoms with E-state index in [1.807, 2.05) is 20.8 Å². The monoisotopic (exact) mass is 355 g/mol. The van der Waals surface area contributed by atoms with Crippen LogP contribution < -0.4 is 16.2 Å². The molecule has 8 heteroatoms. The summed E-state index contributed by atoms with van der Waals surface area (Å²) in [7, 11) is 0. The number of amides is 1. The highest BCUT2D eigenvalue weighted by Crippen LogP contribution is 2.24. The van der Waals surface area contributed by atoms with Crippen molar-refractivity contribution in [3.63, 3.8) is 0 Å². The van der Waals surface area contributed by atoms with Crippen molar-refractivity contribution in [3.05, 3.63) is 17.3 Å². The fourth-order valence-corrected chi connectivity index (χ4v) is 2.85. The molecule has 1 aromatic rings. The van der Waals surface area contributed by atoms with E-state index in [9.17, 15) is 4.79 Å². The van der Waals surface area contributed by atoms with Gasteiger partial charge in [-0.25, -0.2) is 10.2 Å². The van der Waals surface area contributed by atoms with E-state index in [1.165, 1.54) is 0 Å². The molecule has 3 N–H and O–H groups in total. The Labute approximate surface area is 147 Å². The Hall–Kier alpha value is -1.60. The Morgan fingerprint density at radius 1 is 1.33 bits per heavy atom. The maximum atomic E-state index is 11.9. The largest absolute Gasteiger partial charge is 0.444 e. The topological polar surface area (TPSA) is 88.2 Å². The van der Waals surface area contributed by atoms with E-state index >= 15 is 0 Å². The molecular weight excluding hydrogens is 330 g/mol. The first-order valence-corrected chi connectivity index (χ1v) is 8.67. The van der Waals surface area contributed by atoms with Crippen LogP contribution >= 0.6 is 11.6 Å². The Balaban J connectivity index is 1.70. The molecule has 1 saturated carbocycles. The fourth-order valence-electron chi connectivity index (χ4n) is 2.75. The van der Waals surface area contributed by atoms with Crippen molar-refractivity contribution in [3.8, 4) is 0 Å². The zero-order valence-corrected chi connectivity index (χ0v) is 15.2. The average Bonchev–Trinajstić information content (AvgIpc) is 2.48. The Morgan fingerprint density at radius 3 is 2.79 bits per heavy atom. The second-order valence-corrected chi connectivity index (χ2v) is 7.51. The lowest BCUT2D eigenvalue weighted by atomic mass is 9.86. The highest BCUT2D eigenvalue weighted by Gasteiger charge is 2.25. The molecule has 1 aromatic heterocycles. The van der Waals surface area contributed by atoms with E-state index in [4.69, 9.17) is 16.3 Å². The molecule has 0 bridgehead atoms. The standard InChI is InChI=1S/C16H26ClN5O2/c1-16(2,3)24-15(23)19-12-6-4-5-11(9-12)10-18-21-14-8-7-13(17)20-22-14/h7-8,11-12,18H,4-6,9-10H2,1-3H3,(H,19,23)(H,21,22)/t11?,12-/m1/s1. The number of hydrazine groups is 1. The second-order valence-electron chi connectivity index (χ2n) is 7.12. The summed E-state index contributed by atoms with van der Waals surface area (Å²) in [6.07, 6.45) is 3.81. The molecule has 1 heterocycles. The van der Waals surface area contributed by atoms with Gasteiger partial charge in [-0.1, -0.05) is 18.0 Å². The number of carbonyl (C=O) groups excluding carboxylic acids is 1. The molecule has 2 atom stereocenters. The van der Waals surface area contributed by atoms with Crippen molar-refractivity contribution < 1.29 is 9.53 Å². The van der Waals surface area contributed by atoms with Gasteiger partial charge in [0.2, 0.25) is 0 Å². The van der Waals surface area contributed by atoms with Crippen LogP contribution in [0.3, 0.4) is 0 Å². The zero-order valence-electron chi connectivity index (χ0n) is 14.4. The molecular formula is C16H26ClN5O2. The quantitative estimate of drug-likeness (QED) is 0.703. The van der Waals surface area contributed by atoms with Crippen molar-refractivity contribution in [2.75, 3.05) is 12.0 Å². The van der Waals surface area contributed by atoms with Gasteiger partial charge in [0.05, 0.1) is 0 Å². The molecule has 0 radical (unpaired) electrons. The number of hydrogen-bond acceptors (Lipinski definition) is 6. The molecule has 134 valence electrons. The molecule has 0 saturated heterocycles. The molecule has 7 nitrogen and oxygen atoms in total. The first-order chi connectivity index (χ1) is 11.3. The van der Waals surface area contributed by atoms with Crippen LogP contribution in [0.5, 0.6) is 0 Å². The van der Waals surface area contributed by atoms with E-state index in [0.717, 1.165) is 32.2 Å². The van der Waals surface area contributed by atoms with Gasteiger partial charge >= 0.3 is 6.09 Å². The molecule has 24 heavy (non-hydrogen) atoms. The summed E-state index contributed by atoms with van der Waals surface area (Å²) in [6, 6.07) is 3.60. The van der Waals surface area contributed by atoms with Gasteiger partial charge in [-0.3, -0.25) is 0 Å². The number of nitrogens with zero attached hydrogens (tertiary/aromatic N) is 2. The fraction of sp³-hybridized carbons (Fsp3) is 0.688. The summed E-state index contributed by atoms with van der Waals surface area (Å²) in [5.41, 5.74) is 5.71. The van der Waals surface area contributed by atoms with E-state index in [1.54, 1.807) is 12.1 Å². The first kappa shape index (κ1) is 18.7. The summed E-state index contributed by atoms with van der Waals surface area (Å²) in [6.45, 7) is 6.39. The third-order valence-electron chi connectivity index (χ3n) is 3.74. The number of carbonyl (C=O) groups is 1. The highest BCUT2D eigenvalue weighted by atomic mass is 35.5. The molecule has 1 aliphatic carbocycles. The second kappa shape index (κ2) is 8.48. The van der Waals surface area contributed by atoms with Gasteiger partial charge in [-0.2, -0.15) is 0 Å². The number of ether oxygens (including phenoxy) is 1. The van der Waals surface area contributed by atoms with Crippen LogP contribution in [-0.4, -0.2) is 34.5 Å². The third kappa shape index (κ3) is 6.88. The summed E-state index contributed by atoms with van der Waals surface area (Å²) >= 11 is 5.70. The van der Waals surface area contributed by atoms with Crippen LogP contribution in [0.2, 0.25) is 5.15 Å². The number of halogens is 1. The van der Waals surface area contributed by atoms with Gasteiger partial charge in [-0.05, 0) is 58.1 Å². The predicted molar refractivity (Wildman–Crippen MR) is 93.8 cm³/mol. The van der Waals surface area contributed by atoms with Crippen molar-refractivity contribution in [2.24, 2.45) is 5.92 Å². The smallest absolute Gasteiger partial charge is 0.407 e. The molecule has 0 aromatic carbocycles. The average molecular weight is 356 g/mol. The lowest BCUT2D eigenvalue weighted by molar-refractivity contribution is 0.0485. The number of alkyl carbamates (subject to hydrolysis) is 1. The highest BCUT2D eigenvalue weighted by molar-refractivity contribution is 6.29. The first-order valence-electron chi connectivity index (χ1n) is 8.29.